The monoisotopic (exact) mass is 339 g/mol. The highest BCUT2D eigenvalue weighted by Crippen LogP contribution is 2.31. The number of Topliss-reactive ketones (excluding diaryl/α,β-unsaturated/α-hetero) is 1. The third kappa shape index (κ3) is 3.03. The molecule has 1 aliphatic rings. The lowest BCUT2D eigenvalue weighted by atomic mass is 10.1. The zero-order valence-electron chi connectivity index (χ0n) is 12.4. The normalized spacial score (nSPS) is 16.7. The molecule has 22 heavy (non-hydrogen) atoms. The molecule has 0 fully saturated rings. The maximum absolute atomic E-state index is 12.5. The van der Waals surface area contributed by atoms with Crippen molar-refractivity contribution in [2.45, 2.75) is 13.8 Å². The molecule has 0 saturated carbocycles. The van der Waals surface area contributed by atoms with E-state index in [0.717, 1.165) is 0 Å². The van der Waals surface area contributed by atoms with Gasteiger partial charge in [-0.3, -0.25) is 4.79 Å². The summed E-state index contributed by atoms with van der Waals surface area (Å²) in [7, 11) is 1.72. The van der Waals surface area contributed by atoms with E-state index in [4.69, 9.17) is 27.9 Å². The largest absolute Gasteiger partial charge is 0.462 e. The minimum absolute atomic E-state index is 0.0562. The van der Waals surface area contributed by atoms with Crippen molar-refractivity contribution in [2.75, 3.05) is 13.7 Å². The maximum Gasteiger partial charge on any atom is 0.343 e. The van der Waals surface area contributed by atoms with Crippen LogP contribution in [-0.4, -0.2) is 30.3 Å². The van der Waals surface area contributed by atoms with E-state index in [1.807, 2.05) is 0 Å². The van der Waals surface area contributed by atoms with Crippen LogP contribution < -0.4 is 0 Å². The first kappa shape index (κ1) is 16.6. The van der Waals surface area contributed by atoms with Gasteiger partial charge in [0, 0.05) is 22.8 Å². The molecule has 0 aliphatic carbocycles. The number of ketones is 1. The first-order valence-electron chi connectivity index (χ1n) is 6.70. The lowest BCUT2D eigenvalue weighted by Crippen LogP contribution is -2.15. The molecular weight excluding hydrogens is 325 g/mol. The Labute approximate surface area is 138 Å². The number of allylic oxidation sites excluding steroid dienone is 2. The van der Waals surface area contributed by atoms with Gasteiger partial charge in [0.15, 0.2) is 0 Å². The molecule has 0 bridgehead atoms. The molecule has 0 radical (unpaired) electrons. The Morgan fingerprint density at radius 2 is 2.05 bits per heavy atom. The van der Waals surface area contributed by atoms with Crippen molar-refractivity contribution in [3.63, 3.8) is 0 Å². The van der Waals surface area contributed by atoms with Gasteiger partial charge in [0.2, 0.25) is 5.78 Å². The molecule has 0 atom stereocenters. The van der Waals surface area contributed by atoms with Gasteiger partial charge in [-0.2, -0.15) is 0 Å². The SMILES string of the molecule is CCOC(=O)C1=C(C)N(C)/C(=C/c2ccc(Cl)cc2Cl)C1=O. The van der Waals surface area contributed by atoms with Crippen molar-refractivity contribution in [2.24, 2.45) is 0 Å². The second kappa shape index (κ2) is 6.55. The second-order valence-electron chi connectivity index (χ2n) is 4.76. The van der Waals surface area contributed by atoms with E-state index in [9.17, 15) is 9.59 Å². The minimum atomic E-state index is -0.609. The van der Waals surface area contributed by atoms with Gasteiger partial charge in [-0.1, -0.05) is 29.3 Å². The number of ether oxygens (including phenoxy) is 1. The zero-order chi connectivity index (χ0) is 16.4. The lowest BCUT2D eigenvalue weighted by Gasteiger charge is -2.14. The molecule has 1 aromatic carbocycles. The molecule has 4 nitrogen and oxygen atoms in total. The van der Waals surface area contributed by atoms with E-state index >= 15 is 0 Å². The number of nitrogens with zero attached hydrogens (tertiary/aromatic N) is 1. The van der Waals surface area contributed by atoms with Crippen LogP contribution in [-0.2, 0) is 14.3 Å². The number of rotatable bonds is 3. The van der Waals surface area contributed by atoms with Crippen molar-refractivity contribution in [3.8, 4) is 0 Å². The molecule has 0 aromatic heterocycles. The van der Waals surface area contributed by atoms with Crippen LogP contribution in [0.4, 0.5) is 0 Å². The standard InChI is InChI=1S/C16H15Cl2NO3/c1-4-22-16(21)14-9(2)19(3)13(15(14)20)7-10-5-6-11(17)8-12(10)18/h5-8H,4H2,1-3H3/b13-7+. The first-order valence-corrected chi connectivity index (χ1v) is 7.45. The molecule has 6 heteroatoms. The summed E-state index contributed by atoms with van der Waals surface area (Å²) in [5.41, 5.74) is 1.63. The van der Waals surface area contributed by atoms with Crippen molar-refractivity contribution >= 4 is 41.0 Å². The molecule has 1 aliphatic heterocycles. The van der Waals surface area contributed by atoms with Crippen LogP contribution in [0.25, 0.3) is 6.08 Å². The number of carbonyl (C=O) groups is 2. The molecule has 0 unspecified atom stereocenters. The summed E-state index contributed by atoms with van der Waals surface area (Å²) in [5, 5.41) is 0.947. The zero-order valence-corrected chi connectivity index (χ0v) is 14.0. The average molecular weight is 340 g/mol. The summed E-state index contributed by atoms with van der Waals surface area (Å²) in [5.74, 6) is -0.980. The van der Waals surface area contributed by atoms with Crippen LogP contribution in [0.3, 0.4) is 0 Å². The van der Waals surface area contributed by atoms with Crippen LogP contribution in [0, 0.1) is 0 Å². The number of benzene rings is 1. The fourth-order valence-corrected chi connectivity index (χ4v) is 2.63. The predicted molar refractivity (Wildman–Crippen MR) is 86.5 cm³/mol. The number of carbonyl (C=O) groups excluding carboxylic acids is 2. The number of esters is 1. The third-order valence-electron chi connectivity index (χ3n) is 3.42. The number of likely N-dealkylation sites (N-methyl/N-ethyl adjacent to an activating group) is 1. The molecule has 2 rings (SSSR count). The molecule has 0 amide bonds. The Kier molecular flexibility index (Phi) is 4.94. The maximum atomic E-state index is 12.5. The molecule has 1 heterocycles. The van der Waals surface area contributed by atoms with E-state index in [0.29, 0.717) is 27.0 Å². The van der Waals surface area contributed by atoms with E-state index in [2.05, 4.69) is 0 Å². The molecule has 0 N–H and O–H groups in total. The number of hydrogen-bond acceptors (Lipinski definition) is 4. The van der Waals surface area contributed by atoms with Gasteiger partial charge in [-0.15, -0.1) is 0 Å². The summed E-state index contributed by atoms with van der Waals surface area (Å²) >= 11 is 12.0. The second-order valence-corrected chi connectivity index (χ2v) is 5.61. The quantitative estimate of drug-likeness (QED) is 0.478. The van der Waals surface area contributed by atoms with Crippen molar-refractivity contribution in [3.05, 3.63) is 50.8 Å². The predicted octanol–water partition coefficient (Wildman–Crippen LogP) is 3.69. The Balaban J connectivity index is 2.41. The van der Waals surface area contributed by atoms with Gasteiger partial charge in [-0.25, -0.2) is 4.79 Å². The summed E-state index contributed by atoms with van der Waals surface area (Å²) in [4.78, 5) is 26.1. The molecular formula is C16H15Cl2NO3. The first-order chi connectivity index (χ1) is 10.4. The Morgan fingerprint density at radius 1 is 1.36 bits per heavy atom. The van der Waals surface area contributed by atoms with E-state index in [1.54, 1.807) is 50.1 Å². The van der Waals surface area contributed by atoms with Crippen LogP contribution >= 0.6 is 23.2 Å². The molecule has 0 spiro atoms. The van der Waals surface area contributed by atoms with Crippen LogP contribution in [0.5, 0.6) is 0 Å². The van der Waals surface area contributed by atoms with Gasteiger partial charge in [0.1, 0.15) is 5.57 Å². The van der Waals surface area contributed by atoms with E-state index < -0.39 is 5.97 Å². The number of halogens is 2. The highest BCUT2D eigenvalue weighted by molar-refractivity contribution is 6.36. The van der Waals surface area contributed by atoms with Crippen molar-refractivity contribution in [1.29, 1.82) is 0 Å². The summed E-state index contributed by atoms with van der Waals surface area (Å²) in [6.45, 7) is 3.62. The number of hydrogen-bond donors (Lipinski definition) is 0. The van der Waals surface area contributed by atoms with Crippen LogP contribution in [0.2, 0.25) is 10.0 Å². The van der Waals surface area contributed by atoms with E-state index in [-0.39, 0.29) is 18.0 Å². The smallest absolute Gasteiger partial charge is 0.343 e. The minimum Gasteiger partial charge on any atom is -0.462 e. The highest BCUT2D eigenvalue weighted by Gasteiger charge is 2.35. The fraction of sp³-hybridized carbons (Fsp3) is 0.250. The van der Waals surface area contributed by atoms with Gasteiger partial charge in [0.05, 0.1) is 12.3 Å². The van der Waals surface area contributed by atoms with Crippen LogP contribution in [0.1, 0.15) is 19.4 Å². The molecule has 116 valence electrons. The summed E-state index contributed by atoms with van der Waals surface area (Å²) < 4.78 is 4.94. The highest BCUT2D eigenvalue weighted by atomic mass is 35.5. The van der Waals surface area contributed by atoms with Gasteiger partial charge in [0.25, 0.3) is 0 Å². The molecule has 0 saturated heterocycles. The van der Waals surface area contributed by atoms with Crippen molar-refractivity contribution < 1.29 is 14.3 Å². The Hall–Kier alpha value is -1.78. The topological polar surface area (TPSA) is 46.6 Å². The van der Waals surface area contributed by atoms with E-state index in [1.165, 1.54) is 0 Å². The molecule has 1 aromatic rings. The fourth-order valence-electron chi connectivity index (χ4n) is 2.16. The van der Waals surface area contributed by atoms with Gasteiger partial charge >= 0.3 is 5.97 Å². The average Bonchev–Trinajstić information content (AvgIpc) is 2.65. The summed E-state index contributed by atoms with van der Waals surface area (Å²) in [6.07, 6.45) is 1.64. The third-order valence-corrected chi connectivity index (χ3v) is 3.98. The van der Waals surface area contributed by atoms with Crippen molar-refractivity contribution in [1.82, 2.24) is 4.90 Å². The van der Waals surface area contributed by atoms with Crippen LogP contribution in [0.15, 0.2) is 35.2 Å². The lowest BCUT2D eigenvalue weighted by molar-refractivity contribution is -0.139. The Bertz CT molecular complexity index is 707. The van der Waals surface area contributed by atoms with Gasteiger partial charge < -0.3 is 9.64 Å². The summed E-state index contributed by atoms with van der Waals surface area (Å²) in [6, 6.07) is 5.00. The van der Waals surface area contributed by atoms with Gasteiger partial charge in [-0.05, 0) is 37.6 Å². The Morgan fingerprint density at radius 3 is 2.64 bits per heavy atom.